The predicted octanol–water partition coefficient (Wildman–Crippen LogP) is 4.26. The summed E-state index contributed by atoms with van der Waals surface area (Å²) in [5.74, 6) is 0.749. The normalized spacial score (nSPS) is 10.8. The van der Waals surface area contributed by atoms with E-state index in [1.165, 1.54) is 16.9 Å². The van der Waals surface area contributed by atoms with E-state index in [0.717, 1.165) is 5.92 Å². The fourth-order valence-corrected chi connectivity index (χ4v) is 2.60. The molecule has 1 aromatic rings. The maximum Gasteiger partial charge on any atom is 0.0182 e. The van der Waals surface area contributed by atoms with Crippen LogP contribution in [0.25, 0.3) is 0 Å². The van der Waals surface area contributed by atoms with Crippen LogP contribution in [0, 0.1) is 5.92 Å². The lowest BCUT2D eigenvalue weighted by molar-refractivity contribution is 0.647. The lowest BCUT2D eigenvalue weighted by atomic mass is 10.0. The van der Waals surface area contributed by atoms with E-state index in [1.807, 2.05) is 10.8 Å². The highest BCUT2D eigenvalue weighted by Gasteiger charge is 1.97. The molecule has 0 saturated carbocycles. The fraction of sp³-hybridized carbons (Fsp3) is 0.455. The molecule has 2 heteroatoms. The molecule has 0 radical (unpaired) electrons. The minimum absolute atomic E-state index is 0.749. The number of rotatable bonds is 4. The summed E-state index contributed by atoms with van der Waals surface area (Å²) in [4.78, 5) is 1.35. The Balaban J connectivity index is 2.59. The Kier molecular flexibility index (Phi) is 4.74. The Morgan fingerprint density at radius 1 is 1.15 bits per heavy atom. The van der Waals surface area contributed by atoms with E-state index in [0.29, 0.717) is 0 Å². The summed E-state index contributed by atoms with van der Waals surface area (Å²) in [5, 5.41) is 0. The first-order valence-electron chi connectivity index (χ1n) is 4.52. The maximum absolute atomic E-state index is 2.25. The molecule has 13 heavy (non-hydrogen) atoms. The van der Waals surface area contributed by atoms with Crippen LogP contribution in [0.15, 0.2) is 29.2 Å². The van der Waals surface area contributed by atoms with Crippen molar-refractivity contribution in [2.75, 3.05) is 6.26 Å². The molecule has 72 valence electrons. The van der Waals surface area contributed by atoms with Crippen molar-refractivity contribution >= 4 is 21.6 Å². The standard InChI is InChI=1S/C11H16S2/c1-9(2)8-10-4-6-11(7-5-10)13-12-3/h4-7,9H,8H2,1-3H3. The molecule has 1 aromatic carbocycles. The first kappa shape index (κ1) is 11.0. The van der Waals surface area contributed by atoms with Gasteiger partial charge in [0.05, 0.1) is 0 Å². The monoisotopic (exact) mass is 212 g/mol. The van der Waals surface area contributed by atoms with Crippen LogP contribution in [0.4, 0.5) is 0 Å². The van der Waals surface area contributed by atoms with Crippen molar-refractivity contribution < 1.29 is 0 Å². The Bertz CT molecular complexity index is 239. The molecule has 0 fully saturated rings. The van der Waals surface area contributed by atoms with Gasteiger partial charge >= 0.3 is 0 Å². The number of hydrogen-bond donors (Lipinski definition) is 0. The molecule has 1 rings (SSSR count). The van der Waals surface area contributed by atoms with E-state index in [9.17, 15) is 0 Å². The predicted molar refractivity (Wildman–Crippen MR) is 64.4 cm³/mol. The van der Waals surface area contributed by atoms with Gasteiger partial charge in [0.15, 0.2) is 0 Å². The summed E-state index contributed by atoms with van der Waals surface area (Å²) in [6, 6.07) is 8.88. The second-order valence-electron chi connectivity index (χ2n) is 3.49. The van der Waals surface area contributed by atoms with Gasteiger partial charge in [0.1, 0.15) is 0 Å². The van der Waals surface area contributed by atoms with Gasteiger partial charge < -0.3 is 0 Å². The lowest BCUT2D eigenvalue weighted by Gasteiger charge is -2.05. The van der Waals surface area contributed by atoms with Gasteiger partial charge in [-0.25, -0.2) is 0 Å². The van der Waals surface area contributed by atoms with E-state index in [-0.39, 0.29) is 0 Å². The van der Waals surface area contributed by atoms with Gasteiger partial charge in [0.2, 0.25) is 0 Å². The largest absolute Gasteiger partial charge is 0.0924 e. The molecule has 0 aliphatic heterocycles. The zero-order valence-electron chi connectivity index (χ0n) is 8.41. The molecule has 0 aliphatic carbocycles. The quantitative estimate of drug-likeness (QED) is 0.684. The third-order valence-electron chi connectivity index (χ3n) is 1.75. The highest BCUT2D eigenvalue weighted by molar-refractivity contribution is 8.76. The summed E-state index contributed by atoms with van der Waals surface area (Å²) in [7, 11) is 3.61. The van der Waals surface area contributed by atoms with Crippen LogP contribution >= 0.6 is 21.6 Å². The average molecular weight is 212 g/mol. The first-order chi connectivity index (χ1) is 6.22. The second-order valence-corrected chi connectivity index (χ2v) is 5.96. The van der Waals surface area contributed by atoms with E-state index >= 15 is 0 Å². The molecule has 0 N–H and O–H groups in total. The van der Waals surface area contributed by atoms with Crippen molar-refractivity contribution in [2.24, 2.45) is 5.92 Å². The van der Waals surface area contributed by atoms with E-state index in [4.69, 9.17) is 0 Å². The minimum Gasteiger partial charge on any atom is -0.0924 e. The van der Waals surface area contributed by atoms with Crippen molar-refractivity contribution in [3.8, 4) is 0 Å². The van der Waals surface area contributed by atoms with Crippen LogP contribution in [-0.2, 0) is 6.42 Å². The average Bonchev–Trinajstić information content (AvgIpc) is 2.08. The Morgan fingerprint density at radius 2 is 1.77 bits per heavy atom. The Morgan fingerprint density at radius 3 is 2.23 bits per heavy atom. The molecular weight excluding hydrogens is 196 g/mol. The molecular formula is C11H16S2. The maximum atomic E-state index is 2.25. The third-order valence-corrected chi connectivity index (χ3v) is 3.46. The Labute approximate surface area is 88.9 Å². The molecule has 0 unspecified atom stereocenters. The van der Waals surface area contributed by atoms with Crippen molar-refractivity contribution in [1.29, 1.82) is 0 Å². The van der Waals surface area contributed by atoms with Crippen LogP contribution in [0.1, 0.15) is 19.4 Å². The third kappa shape index (κ3) is 4.10. The zero-order valence-corrected chi connectivity index (χ0v) is 10.0. The van der Waals surface area contributed by atoms with E-state index in [2.05, 4.69) is 44.4 Å². The van der Waals surface area contributed by atoms with Crippen LogP contribution in [0.2, 0.25) is 0 Å². The molecule has 0 atom stereocenters. The Hall–Kier alpha value is -0.0800. The molecule has 0 nitrogen and oxygen atoms in total. The van der Waals surface area contributed by atoms with Gasteiger partial charge in [-0.15, -0.1) is 0 Å². The fourth-order valence-electron chi connectivity index (χ4n) is 1.25. The van der Waals surface area contributed by atoms with Crippen molar-refractivity contribution in [3.05, 3.63) is 29.8 Å². The van der Waals surface area contributed by atoms with Gasteiger partial charge in [-0.3, -0.25) is 0 Å². The topological polar surface area (TPSA) is 0 Å². The molecule has 0 amide bonds. The van der Waals surface area contributed by atoms with Crippen LogP contribution in [0.5, 0.6) is 0 Å². The summed E-state index contributed by atoms with van der Waals surface area (Å²) in [6.07, 6.45) is 3.29. The second kappa shape index (κ2) is 5.61. The zero-order chi connectivity index (χ0) is 9.68. The summed E-state index contributed by atoms with van der Waals surface area (Å²) in [5.41, 5.74) is 1.44. The van der Waals surface area contributed by atoms with E-state index < -0.39 is 0 Å². The molecule has 0 aliphatic rings. The van der Waals surface area contributed by atoms with Gasteiger partial charge in [0.25, 0.3) is 0 Å². The van der Waals surface area contributed by atoms with Crippen molar-refractivity contribution in [2.45, 2.75) is 25.2 Å². The van der Waals surface area contributed by atoms with Crippen LogP contribution < -0.4 is 0 Å². The smallest absolute Gasteiger partial charge is 0.0182 e. The minimum atomic E-state index is 0.749. The molecule has 0 saturated heterocycles. The summed E-state index contributed by atoms with van der Waals surface area (Å²) >= 11 is 0. The summed E-state index contributed by atoms with van der Waals surface area (Å²) < 4.78 is 0. The van der Waals surface area contributed by atoms with Crippen molar-refractivity contribution in [1.82, 2.24) is 0 Å². The van der Waals surface area contributed by atoms with Gasteiger partial charge in [0, 0.05) is 4.90 Å². The summed E-state index contributed by atoms with van der Waals surface area (Å²) in [6.45, 7) is 4.51. The number of hydrogen-bond acceptors (Lipinski definition) is 2. The van der Waals surface area contributed by atoms with Gasteiger partial charge in [-0.1, -0.05) is 47.6 Å². The SMILES string of the molecule is CSSc1ccc(CC(C)C)cc1. The highest BCUT2D eigenvalue weighted by Crippen LogP contribution is 2.28. The van der Waals surface area contributed by atoms with Crippen LogP contribution in [-0.4, -0.2) is 6.26 Å². The van der Waals surface area contributed by atoms with Crippen molar-refractivity contribution in [3.63, 3.8) is 0 Å². The first-order valence-corrected chi connectivity index (χ1v) is 7.07. The van der Waals surface area contributed by atoms with Crippen LogP contribution in [0.3, 0.4) is 0 Å². The molecule has 0 spiro atoms. The van der Waals surface area contributed by atoms with Gasteiger partial charge in [-0.05, 0) is 36.3 Å². The number of benzene rings is 1. The molecule has 0 aromatic heterocycles. The molecule has 0 bridgehead atoms. The molecule has 0 heterocycles. The van der Waals surface area contributed by atoms with E-state index in [1.54, 1.807) is 10.8 Å². The van der Waals surface area contributed by atoms with Gasteiger partial charge in [-0.2, -0.15) is 0 Å². The lowest BCUT2D eigenvalue weighted by Crippen LogP contribution is -1.92. The highest BCUT2D eigenvalue weighted by atomic mass is 33.1.